The number of aromatic amines is 1. The van der Waals surface area contributed by atoms with Gasteiger partial charge in [-0.2, -0.15) is 0 Å². The van der Waals surface area contributed by atoms with Crippen molar-refractivity contribution in [3.63, 3.8) is 0 Å². The molecule has 1 amide bonds. The lowest BCUT2D eigenvalue weighted by atomic mass is 10.2. The summed E-state index contributed by atoms with van der Waals surface area (Å²) in [6.45, 7) is 1.88. The van der Waals surface area contributed by atoms with Crippen LogP contribution in [0.15, 0.2) is 30.3 Å². The molecule has 2 saturated heterocycles. The Hall–Kier alpha value is -1.81. The largest absolute Gasteiger partial charge is 0.351 e. The van der Waals surface area contributed by atoms with E-state index in [0.29, 0.717) is 12.1 Å². The van der Waals surface area contributed by atoms with Gasteiger partial charge in [0.15, 0.2) is 0 Å². The number of aromatic nitrogens is 1. The van der Waals surface area contributed by atoms with E-state index >= 15 is 0 Å². The number of likely N-dealkylation sites (N-methyl/N-ethyl adjacent to an activating group) is 1. The second kappa shape index (κ2) is 3.84. The van der Waals surface area contributed by atoms with Gasteiger partial charge < -0.3 is 9.88 Å². The standard InChI is InChI=1S/C15H17N3O/c1-17-8-12-7-11(17)9-18(12)15(19)14-6-10-4-2-3-5-13(10)16-14/h2-6,11-12,16H,7-9H2,1H3/t11?,12-/m0/s1. The van der Waals surface area contributed by atoms with Crippen LogP contribution in [0.25, 0.3) is 10.9 Å². The number of carbonyl (C=O) groups is 1. The first-order valence-electron chi connectivity index (χ1n) is 6.81. The van der Waals surface area contributed by atoms with Gasteiger partial charge in [0, 0.05) is 36.1 Å². The van der Waals surface area contributed by atoms with Gasteiger partial charge >= 0.3 is 0 Å². The number of piperazine rings is 1. The zero-order chi connectivity index (χ0) is 13.0. The number of hydrogen-bond acceptors (Lipinski definition) is 2. The molecule has 2 aromatic rings. The van der Waals surface area contributed by atoms with Gasteiger partial charge in [-0.05, 0) is 25.6 Å². The summed E-state index contributed by atoms with van der Waals surface area (Å²) < 4.78 is 0. The van der Waals surface area contributed by atoms with Gasteiger partial charge in [0.25, 0.3) is 5.91 Å². The van der Waals surface area contributed by atoms with Crippen LogP contribution in [0, 0.1) is 0 Å². The molecule has 0 radical (unpaired) electrons. The number of nitrogens with one attached hydrogen (secondary N) is 1. The molecular weight excluding hydrogens is 238 g/mol. The number of benzene rings is 1. The van der Waals surface area contributed by atoms with E-state index < -0.39 is 0 Å². The normalized spacial score (nSPS) is 26.5. The van der Waals surface area contributed by atoms with Crippen LogP contribution in [-0.2, 0) is 0 Å². The van der Waals surface area contributed by atoms with E-state index in [1.54, 1.807) is 0 Å². The van der Waals surface area contributed by atoms with Gasteiger partial charge in [-0.1, -0.05) is 18.2 Å². The molecule has 4 rings (SSSR count). The summed E-state index contributed by atoms with van der Waals surface area (Å²) >= 11 is 0. The van der Waals surface area contributed by atoms with Gasteiger partial charge in [0.2, 0.25) is 0 Å². The highest BCUT2D eigenvalue weighted by atomic mass is 16.2. The molecule has 1 unspecified atom stereocenters. The predicted octanol–water partition coefficient (Wildman–Crippen LogP) is 1.70. The first-order valence-corrected chi connectivity index (χ1v) is 6.81. The van der Waals surface area contributed by atoms with Crippen molar-refractivity contribution in [2.75, 3.05) is 20.1 Å². The Kier molecular flexibility index (Phi) is 2.23. The highest BCUT2D eigenvalue weighted by molar-refractivity contribution is 5.98. The Morgan fingerprint density at radius 1 is 1.26 bits per heavy atom. The zero-order valence-electron chi connectivity index (χ0n) is 11.0. The number of rotatable bonds is 1. The SMILES string of the molecule is CN1C[C@@H]2CC1CN2C(=O)c1cc2ccccc2[nH]1. The van der Waals surface area contributed by atoms with Crippen LogP contribution in [-0.4, -0.2) is 52.9 Å². The van der Waals surface area contributed by atoms with Gasteiger partial charge in [-0.25, -0.2) is 0 Å². The molecule has 0 spiro atoms. The molecule has 0 aliphatic carbocycles. The van der Waals surface area contributed by atoms with E-state index in [1.807, 2.05) is 35.2 Å². The zero-order valence-corrected chi connectivity index (χ0v) is 11.0. The summed E-state index contributed by atoms with van der Waals surface area (Å²) in [7, 11) is 2.15. The minimum Gasteiger partial charge on any atom is -0.351 e. The lowest BCUT2D eigenvalue weighted by molar-refractivity contribution is 0.0645. The molecule has 2 atom stereocenters. The minimum absolute atomic E-state index is 0.150. The number of H-pyrrole nitrogens is 1. The number of nitrogens with zero attached hydrogens (tertiary/aromatic N) is 2. The highest BCUT2D eigenvalue weighted by Gasteiger charge is 2.43. The van der Waals surface area contributed by atoms with Crippen LogP contribution < -0.4 is 0 Å². The van der Waals surface area contributed by atoms with E-state index in [4.69, 9.17) is 0 Å². The summed E-state index contributed by atoms with van der Waals surface area (Å²) in [4.78, 5) is 20.2. The molecule has 2 aliphatic heterocycles. The molecule has 1 N–H and O–H groups in total. The molecule has 4 heteroatoms. The van der Waals surface area contributed by atoms with Crippen molar-refractivity contribution in [2.24, 2.45) is 0 Å². The number of para-hydroxylation sites is 1. The lowest BCUT2D eigenvalue weighted by Gasteiger charge is -2.31. The maximum absolute atomic E-state index is 12.6. The average molecular weight is 255 g/mol. The van der Waals surface area contributed by atoms with Crippen molar-refractivity contribution in [3.05, 3.63) is 36.0 Å². The third-order valence-electron chi connectivity index (χ3n) is 4.54. The fourth-order valence-corrected chi connectivity index (χ4v) is 3.46. The van der Waals surface area contributed by atoms with E-state index in [1.165, 1.54) is 0 Å². The van der Waals surface area contributed by atoms with Crippen LogP contribution in [0.2, 0.25) is 0 Å². The van der Waals surface area contributed by atoms with Crippen LogP contribution >= 0.6 is 0 Å². The number of likely N-dealkylation sites (tertiary alicyclic amines) is 2. The summed E-state index contributed by atoms with van der Waals surface area (Å²) in [6.07, 6.45) is 1.13. The quantitative estimate of drug-likeness (QED) is 0.842. The fourth-order valence-electron chi connectivity index (χ4n) is 3.46. The van der Waals surface area contributed by atoms with Crippen molar-refractivity contribution in [1.29, 1.82) is 0 Å². The van der Waals surface area contributed by atoms with Crippen molar-refractivity contribution in [2.45, 2.75) is 18.5 Å². The monoisotopic (exact) mass is 255 g/mol. The summed E-state index contributed by atoms with van der Waals surface area (Å²) in [6, 6.07) is 10.9. The highest BCUT2D eigenvalue weighted by Crippen LogP contribution is 2.30. The Balaban J connectivity index is 1.64. The summed E-state index contributed by atoms with van der Waals surface area (Å²) in [5, 5.41) is 1.10. The van der Waals surface area contributed by atoms with Crippen molar-refractivity contribution < 1.29 is 4.79 Å². The molecule has 4 nitrogen and oxygen atoms in total. The number of carbonyl (C=O) groups excluding carboxylic acids is 1. The fraction of sp³-hybridized carbons (Fsp3) is 0.400. The molecule has 2 fully saturated rings. The molecule has 2 bridgehead atoms. The Morgan fingerprint density at radius 3 is 2.79 bits per heavy atom. The average Bonchev–Trinajstić information content (AvgIpc) is 3.09. The Labute approximate surface area is 112 Å². The van der Waals surface area contributed by atoms with E-state index in [-0.39, 0.29) is 5.91 Å². The Bertz CT molecular complexity index is 613. The van der Waals surface area contributed by atoms with E-state index in [2.05, 4.69) is 16.9 Å². The first-order chi connectivity index (χ1) is 9.22. The lowest BCUT2D eigenvalue weighted by Crippen LogP contribution is -2.47. The van der Waals surface area contributed by atoms with Gasteiger partial charge in [0.05, 0.1) is 0 Å². The summed E-state index contributed by atoms with van der Waals surface area (Å²) in [5.74, 6) is 0.150. The third-order valence-corrected chi connectivity index (χ3v) is 4.54. The van der Waals surface area contributed by atoms with E-state index in [9.17, 15) is 4.79 Å². The summed E-state index contributed by atoms with van der Waals surface area (Å²) in [5.41, 5.74) is 1.75. The maximum Gasteiger partial charge on any atom is 0.270 e. The van der Waals surface area contributed by atoms with Gasteiger partial charge in [-0.15, -0.1) is 0 Å². The topological polar surface area (TPSA) is 39.3 Å². The molecule has 19 heavy (non-hydrogen) atoms. The molecule has 0 saturated carbocycles. The number of amides is 1. The van der Waals surface area contributed by atoms with E-state index in [0.717, 1.165) is 36.1 Å². The second-order valence-corrected chi connectivity index (χ2v) is 5.71. The van der Waals surface area contributed by atoms with Crippen LogP contribution in [0.3, 0.4) is 0 Å². The van der Waals surface area contributed by atoms with Gasteiger partial charge in [0.1, 0.15) is 5.69 Å². The van der Waals surface area contributed by atoms with Crippen molar-refractivity contribution in [1.82, 2.24) is 14.8 Å². The molecular formula is C15H17N3O. The Morgan fingerprint density at radius 2 is 2.11 bits per heavy atom. The molecule has 3 heterocycles. The maximum atomic E-state index is 12.6. The van der Waals surface area contributed by atoms with Crippen molar-refractivity contribution in [3.8, 4) is 0 Å². The first kappa shape index (κ1) is 11.1. The molecule has 2 aliphatic rings. The van der Waals surface area contributed by atoms with Crippen LogP contribution in [0.4, 0.5) is 0 Å². The minimum atomic E-state index is 0.150. The second-order valence-electron chi connectivity index (χ2n) is 5.71. The van der Waals surface area contributed by atoms with Gasteiger partial charge in [-0.3, -0.25) is 9.69 Å². The number of hydrogen-bond donors (Lipinski definition) is 1. The van der Waals surface area contributed by atoms with Crippen LogP contribution in [0.1, 0.15) is 16.9 Å². The molecule has 98 valence electrons. The third kappa shape index (κ3) is 1.60. The molecule has 1 aromatic carbocycles. The smallest absolute Gasteiger partial charge is 0.270 e. The predicted molar refractivity (Wildman–Crippen MR) is 74.2 cm³/mol. The number of fused-ring (bicyclic) bond motifs is 3. The molecule has 1 aromatic heterocycles. The van der Waals surface area contributed by atoms with Crippen LogP contribution in [0.5, 0.6) is 0 Å². The van der Waals surface area contributed by atoms with Crippen molar-refractivity contribution >= 4 is 16.8 Å².